The molecule has 2 aliphatic heterocycles. The number of hydrogen-bond donors (Lipinski definition) is 1. The van der Waals surface area contributed by atoms with Crippen LogP contribution >= 0.6 is 0 Å². The summed E-state index contributed by atoms with van der Waals surface area (Å²) in [5, 5.41) is 2.88. The summed E-state index contributed by atoms with van der Waals surface area (Å²) in [4.78, 5) is 41.9. The normalized spacial score (nSPS) is 20.8. The van der Waals surface area contributed by atoms with E-state index in [2.05, 4.69) is 26.1 Å². The molecule has 0 radical (unpaired) electrons. The second-order valence-corrected chi connectivity index (χ2v) is 9.23. The number of nitrogens with one attached hydrogen (secondary N) is 1. The molecule has 2 aromatic rings. The summed E-state index contributed by atoms with van der Waals surface area (Å²) < 4.78 is 0. The molecule has 1 saturated heterocycles. The Morgan fingerprint density at radius 2 is 1.73 bits per heavy atom. The van der Waals surface area contributed by atoms with E-state index in [4.69, 9.17) is 0 Å². The largest absolute Gasteiger partial charge is 0.325 e. The van der Waals surface area contributed by atoms with Crippen molar-refractivity contribution < 1.29 is 14.4 Å². The minimum Gasteiger partial charge on any atom is -0.325 e. The fraction of sp³-hybridized carbons (Fsp3) is 0.375. The van der Waals surface area contributed by atoms with Gasteiger partial charge in [-0.25, -0.2) is 0 Å². The van der Waals surface area contributed by atoms with E-state index >= 15 is 0 Å². The quantitative estimate of drug-likeness (QED) is 0.841. The number of anilines is 2. The molecule has 3 amide bonds. The van der Waals surface area contributed by atoms with Gasteiger partial charge in [0, 0.05) is 12.1 Å². The van der Waals surface area contributed by atoms with Gasteiger partial charge in [0.05, 0.1) is 11.3 Å². The number of carbonyl (C=O) groups excluding carboxylic acids is 3. The lowest BCUT2D eigenvalue weighted by atomic mass is 9.87. The Hall–Kier alpha value is -3.15. The van der Waals surface area contributed by atoms with Crippen molar-refractivity contribution in [2.45, 2.75) is 51.6 Å². The highest BCUT2D eigenvalue weighted by Crippen LogP contribution is 2.43. The van der Waals surface area contributed by atoms with Gasteiger partial charge in [-0.15, -0.1) is 0 Å². The van der Waals surface area contributed by atoms with E-state index in [1.165, 1.54) is 10.5 Å². The lowest BCUT2D eigenvalue weighted by molar-refractivity contribution is -0.120. The first-order chi connectivity index (χ1) is 14.1. The highest BCUT2D eigenvalue weighted by Gasteiger charge is 2.53. The van der Waals surface area contributed by atoms with E-state index < -0.39 is 5.66 Å². The van der Waals surface area contributed by atoms with Crippen LogP contribution in [-0.2, 0) is 15.0 Å². The van der Waals surface area contributed by atoms with Gasteiger partial charge in [-0.1, -0.05) is 45.0 Å². The molecule has 0 saturated carbocycles. The molecular formula is C24H27N3O3. The van der Waals surface area contributed by atoms with Gasteiger partial charge in [-0.05, 0) is 48.6 Å². The number of carbonyl (C=O) groups is 3. The maximum absolute atomic E-state index is 13.2. The number of fused-ring (bicyclic) bond motifs is 3. The Morgan fingerprint density at radius 3 is 2.40 bits per heavy atom. The third kappa shape index (κ3) is 3.26. The van der Waals surface area contributed by atoms with Gasteiger partial charge in [0.2, 0.25) is 11.8 Å². The summed E-state index contributed by atoms with van der Waals surface area (Å²) in [5.74, 6) is -0.537. The van der Waals surface area contributed by atoms with Crippen LogP contribution in [0.2, 0.25) is 0 Å². The number of rotatable bonds is 3. The standard InChI is InChI=1S/C24H27N3O3/c1-23(2,3)16-9-11-17(12-10-16)25-20(28)15-26-22(30)18-7-5-6-8-19(18)27-21(29)13-14-24(26,27)4/h5-12H,13-15H2,1-4H3,(H,25,28). The van der Waals surface area contributed by atoms with E-state index in [1.807, 2.05) is 37.3 Å². The van der Waals surface area contributed by atoms with Crippen molar-refractivity contribution in [3.05, 3.63) is 59.7 Å². The summed E-state index contributed by atoms with van der Waals surface area (Å²) in [5.41, 5.74) is 2.13. The number of para-hydroxylation sites is 1. The highest BCUT2D eigenvalue weighted by atomic mass is 16.2. The zero-order valence-corrected chi connectivity index (χ0v) is 17.9. The van der Waals surface area contributed by atoms with Crippen LogP contribution in [0, 0.1) is 0 Å². The first-order valence-electron chi connectivity index (χ1n) is 10.3. The molecule has 0 aliphatic carbocycles. The maximum Gasteiger partial charge on any atom is 0.258 e. The first kappa shape index (κ1) is 20.1. The van der Waals surface area contributed by atoms with Crippen LogP contribution in [0.3, 0.4) is 0 Å². The first-order valence-corrected chi connectivity index (χ1v) is 10.3. The lowest BCUT2D eigenvalue weighted by Crippen LogP contribution is -2.63. The number of nitrogens with zero attached hydrogens (tertiary/aromatic N) is 2. The SMILES string of the molecule is CC(C)(C)c1ccc(NC(=O)CN2C(=O)c3ccccc3N3C(=O)CCC23C)cc1. The predicted molar refractivity (Wildman–Crippen MR) is 116 cm³/mol. The third-order valence-electron chi connectivity index (χ3n) is 6.08. The van der Waals surface area contributed by atoms with Crippen molar-refractivity contribution in [3.8, 4) is 0 Å². The summed E-state index contributed by atoms with van der Waals surface area (Å²) >= 11 is 0. The summed E-state index contributed by atoms with van der Waals surface area (Å²) in [7, 11) is 0. The summed E-state index contributed by atoms with van der Waals surface area (Å²) in [6.45, 7) is 8.15. The average molecular weight is 405 g/mol. The fourth-order valence-corrected chi connectivity index (χ4v) is 4.34. The van der Waals surface area contributed by atoms with Crippen molar-refractivity contribution in [3.63, 3.8) is 0 Å². The molecule has 1 fully saturated rings. The minimum atomic E-state index is -0.837. The van der Waals surface area contributed by atoms with E-state index in [1.54, 1.807) is 23.1 Å². The zero-order chi connectivity index (χ0) is 21.7. The monoisotopic (exact) mass is 405 g/mol. The van der Waals surface area contributed by atoms with Gasteiger partial charge in [0.25, 0.3) is 5.91 Å². The van der Waals surface area contributed by atoms with Crippen LogP contribution in [0.4, 0.5) is 11.4 Å². The Bertz CT molecular complexity index is 1020. The van der Waals surface area contributed by atoms with Gasteiger partial charge in [0.15, 0.2) is 0 Å². The van der Waals surface area contributed by atoms with Crippen LogP contribution < -0.4 is 10.2 Å². The van der Waals surface area contributed by atoms with Crippen LogP contribution in [0.25, 0.3) is 0 Å². The van der Waals surface area contributed by atoms with E-state index in [0.717, 1.165) is 0 Å². The van der Waals surface area contributed by atoms with Crippen molar-refractivity contribution in [1.29, 1.82) is 0 Å². The lowest BCUT2D eigenvalue weighted by Gasteiger charge is -2.48. The van der Waals surface area contributed by atoms with Gasteiger partial charge in [-0.2, -0.15) is 0 Å². The second kappa shape index (κ2) is 6.97. The molecule has 1 unspecified atom stereocenters. The van der Waals surface area contributed by atoms with Gasteiger partial charge in [-0.3, -0.25) is 19.3 Å². The van der Waals surface area contributed by atoms with Gasteiger partial charge >= 0.3 is 0 Å². The summed E-state index contributed by atoms with van der Waals surface area (Å²) in [6, 6.07) is 14.8. The number of amides is 3. The average Bonchev–Trinajstić information content (AvgIpc) is 3.00. The van der Waals surface area contributed by atoms with Crippen molar-refractivity contribution in [2.24, 2.45) is 0 Å². The Kier molecular flexibility index (Phi) is 4.68. The number of hydrogen-bond acceptors (Lipinski definition) is 3. The van der Waals surface area contributed by atoms with E-state index in [9.17, 15) is 14.4 Å². The second-order valence-electron chi connectivity index (χ2n) is 9.23. The third-order valence-corrected chi connectivity index (χ3v) is 6.08. The topological polar surface area (TPSA) is 69.7 Å². The molecule has 1 atom stereocenters. The minimum absolute atomic E-state index is 0.0272. The molecule has 0 aromatic heterocycles. The number of benzene rings is 2. The molecule has 1 N–H and O–H groups in total. The predicted octanol–water partition coefficient (Wildman–Crippen LogP) is 3.92. The fourth-order valence-electron chi connectivity index (χ4n) is 4.34. The molecule has 6 nitrogen and oxygen atoms in total. The van der Waals surface area contributed by atoms with E-state index in [0.29, 0.717) is 29.8 Å². The Morgan fingerprint density at radius 1 is 1.07 bits per heavy atom. The van der Waals surface area contributed by atoms with Crippen LogP contribution in [-0.4, -0.2) is 34.8 Å². The molecule has 4 rings (SSSR count). The highest BCUT2D eigenvalue weighted by molar-refractivity contribution is 6.11. The molecule has 2 aliphatic rings. The van der Waals surface area contributed by atoms with Crippen molar-refractivity contribution in [1.82, 2.24) is 4.90 Å². The smallest absolute Gasteiger partial charge is 0.258 e. The molecule has 6 heteroatoms. The molecule has 156 valence electrons. The van der Waals surface area contributed by atoms with Crippen LogP contribution in [0.15, 0.2) is 48.5 Å². The molecule has 2 heterocycles. The van der Waals surface area contributed by atoms with Crippen LogP contribution in [0.5, 0.6) is 0 Å². The van der Waals surface area contributed by atoms with Gasteiger partial charge < -0.3 is 10.2 Å². The Balaban J connectivity index is 1.57. The molecule has 0 bridgehead atoms. The molecule has 0 spiro atoms. The molecule has 2 aromatic carbocycles. The molecular weight excluding hydrogens is 378 g/mol. The maximum atomic E-state index is 13.2. The van der Waals surface area contributed by atoms with Crippen molar-refractivity contribution >= 4 is 29.1 Å². The van der Waals surface area contributed by atoms with E-state index in [-0.39, 0.29) is 29.7 Å². The van der Waals surface area contributed by atoms with Gasteiger partial charge in [0.1, 0.15) is 12.2 Å². The zero-order valence-electron chi connectivity index (χ0n) is 17.9. The summed E-state index contributed by atoms with van der Waals surface area (Å²) in [6.07, 6.45) is 0.851. The molecule has 30 heavy (non-hydrogen) atoms. The van der Waals surface area contributed by atoms with Crippen LogP contribution in [0.1, 0.15) is 56.5 Å². The van der Waals surface area contributed by atoms with Crippen molar-refractivity contribution in [2.75, 3.05) is 16.8 Å². The Labute approximate surface area is 176 Å².